The van der Waals surface area contributed by atoms with E-state index in [2.05, 4.69) is 4.98 Å². The molecule has 1 atom stereocenters. The molecule has 0 bridgehead atoms. The minimum Gasteiger partial charge on any atom is -0.326 e. The van der Waals surface area contributed by atoms with E-state index in [1.165, 1.54) is 6.20 Å². The van der Waals surface area contributed by atoms with E-state index >= 15 is 0 Å². The Balaban J connectivity index is 2.75. The van der Waals surface area contributed by atoms with Gasteiger partial charge in [-0.25, -0.2) is 0 Å². The van der Waals surface area contributed by atoms with E-state index in [4.69, 9.17) is 5.73 Å². The highest BCUT2D eigenvalue weighted by Gasteiger charge is 2.08. The molecule has 0 fully saturated rings. The Bertz CT molecular complexity index is 319. The normalized spacial score (nSPS) is 13.2. The van der Waals surface area contributed by atoms with E-state index in [0.29, 0.717) is 12.5 Å². The lowest BCUT2D eigenvalue weighted by atomic mass is 10.1. The van der Waals surface area contributed by atoms with Crippen LogP contribution in [0.25, 0.3) is 0 Å². The fourth-order valence-corrected chi connectivity index (χ4v) is 0.962. The fourth-order valence-electron chi connectivity index (χ4n) is 0.962. The van der Waals surface area contributed by atoms with Gasteiger partial charge in [0.15, 0.2) is 0 Å². The molecule has 1 unspecified atom stereocenters. The van der Waals surface area contributed by atoms with Gasteiger partial charge in [0.2, 0.25) is 0 Å². The lowest BCUT2D eigenvalue weighted by Crippen LogP contribution is -2.35. The highest BCUT2D eigenvalue weighted by atomic mass is 16.1. The number of hydrogen-bond acceptors (Lipinski definition) is 3. The van der Waals surface area contributed by atoms with Gasteiger partial charge in [-0.3, -0.25) is 9.78 Å². The molecule has 0 radical (unpaired) electrons. The summed E-state index contributed by atoms with van der Waals surface area (Å²) in [4.78, 5) is 14.9. The maximum Gasteiger partial charge on any atom is 0.269 e. The summed E-state index contributed by atoms with van der Waals surface area (Å²) in [5.74, 6) is 0.375. The second kappa shape index (κ2) is 4.18. The van der Waals surface area contributed by atoms with Gasteiger partial charge in [-0.2, -0.15) is 0 Å². The van der Waals surface area contributed by atoms with Gasteiger partial charge >= 0.3 is 0 Å². The highest BCUT2D eigenvalue weighted by Crippen LogP contribution is 1.99. The van der Waals surface area contributed by atoms with Gasteiger partial charge in [0.25, 0.3) is 5.56 Å². The number of hydrogen-bond donors (Lipinski definition) is 1. The molecule has 1 heterocycles. The topological polar surface area (TPSA) is 60.9 Å². The van der Waals surface area contributed by atoms with E-state index in [1.54, 1.807) is 17.0 Å². The fraction of sp³-hybridized carbons (Fsp3) is 0.556. The first-order chi connectivity index (χ1) is 6.11. The summed E-state index contributed by atoms with van der Waals surface area (Å²) in [5.41, 5.74) is 5.74. The summed E-state index contributed by atoms with van der Waals surface area (Å²) in [6, 6.07) is 0.0140. The molecular formula is C9H15N3O. The van der Waals surface area contributed by atoms with Crippen LogP contribution in [0, 0.1) is 5.92 Å². The molecule has 0 aliphatic heterocycles. The Kier molecular flexibility index (Phi) is 3.19. The quantitative estimate of drug-likeness (QED) is 0.726. The second-order valence-electron chi connectivity index (χ2n) is 3.47. The van der Waals surface area contributed by atoms with Crippen molar-refractivity contribution < 1.29 is 0 Å². The van der Waals surface area contributed by atoms with Gasteiger partial charge in [-0.15, -0.1) is 0 Å². The average Bonchev–Trinajstić information content (AvgIpc) is 2.08. The van der Waals surface area contributed by atoms with Crippen molar-refractivity contribution in [2.45, 2.75) is 26.4 Å². The highest BCUT2D eigenvalue weighted by molar-refractivity contribution is 4.82. The van der Waals surface area contributed by atoms with Crippen LogP contribution in [0.2, 0.25) is 0 Å². The summed E-state index contributed by atoms with van der Waals surface area (Å²) >= 11 is 0. The first-order valence-corrected chi connectivity index (χ1v) is 4.37. The molecule has 1 aromatic rings. The largest absolute Gasteiger partial charge is 0.326 e. The minimum absolute atomic E-state index is 0.0140. The predicted molar refractivity (Wildman–Crippen MR) is 51.3 cm³/mol. The van der Waals surface area contributed by atoms with Crippen molar-refractivity contribution in [1.29, 1.82) is 0 Å². The van der Waals surface area contributed by atoms with E-state index in [0.717, 1.165) is 0 Å². The van der Waals surface area contributed by atoms with E-state index in [1.807, 2.05) is 13.8 Å². The maximum atomic E-state index is 11.2. The van der Waals surface area contributed by atoms with Gasteiger partial charge in [0.05, 0.1) is 6.20 Å². The van der Waals surface area contributed by atoms with Crippen LogP contribution in [-0.2, 0) is 6.54 Å². The van der Waals surface area contributed by atoms with Crippen LogP contribution in [0.5, 0.6) is 0 Å². The van der Waals surface area contributed by atoms with E-state index < -0.39 is 0 Å². The predicted octanol–water partition coefficient (Wildman–Crippen LogP) is 0.227. The van der Waals surface area contributed by atoms with Crippen LogP contribution in [0.3, 0.4) is 0 Å². The van der Waals surface area contributed by atoms with Crippen molar-refractivity contribution >= 4 is 0 Å². The molecule has 0 amide bonds. The van der Waals surface area contributed by atoms with Crippen molar-refractivity contribution in [2.75, 3.05) is 0 Å². The van der Waals surface area contributed by atoms with Crippen molar-refractivity contribution in [3.8, 4) is 0 Å². The first kappa shape index (κ1) is 9.92. The zero-order valence-corrected chi connectivity index (χ0v) is 7.97. The molecule has 0 spiro atoms. The lowest BCUT2D eigenvalue weighted by molar-refractivity contribution is 0.427. The van der Waals surface area contributed by atoms with Crippen LogP contribution < -0.4 is 11.3 Å². The molecule has 1 rings (SSSR count). The van der Waals surface area contributed by atoms with Crippen LogP contribution >= 0.6 is 0 Å². The third kappa shape index (κ3) is 2.66. The lowest BCUT2D eigenvalue weighted by Gasteiger charge is -2.16. The van der Waals surface area contributed by atoms with Gasteiger partial charge in [-0.05, 0) is 5.92 Å². The maximum absolute atomic E-state index is 11.2. The summed E-state index contributed by atoms with van der Waals surface area (Å²) in [5, 5.41) is 0. The Morgan fingerprint density at radius 2 is 2.31 bits per heavy atom. The molecule has 4 heteroatoms. The number of nitrogens with two attached hydrogens (primary N) is 1. The zero-order chi connectivity index (χ0) is 9.84. The minimum atomic E-state index is -0.0985. The Morgan fingerprint density at radius 1 is 1.62 bits per heavy atom. The van der Waals surface area contributed by atoms with Gasteiger partial charge in [0.1, 0.15) is 0 Å². The Morgan fingerprint density at radius 3 is 2.85 bits per heavy atom. The Hall–Kier alpha value is -1.16. The molecule has 0 aromatic carbocycles. The summed E-state index contributed by atoms with van der Waals surface area (Å²) < 4.78 is 1.58. The molecule has 1 aromatic heterocycles. The molecule has 0 saturated heterocycles. The van der Waals surface area contributed by atoms with Crippen LogP contribution in [0.15, 0.2) is 23.4 Å². The monoisotopic (exact) mass is 181 g/mol. The molecule has 72 valence electrons. The standard InChI is InChI=1S/C9H15N3O/c1-7(2)8(10)6-12-4-3-11-5-9(12)13/h3-5,7-8H,6,10H2,1-2H3. The molecule has 0 saturated carbocycles. The van der Waals surface area contributed by atoms with Crippen molar-refractivity contribution in [3.63, 3.8) is 0 Å². The van der Waals surface area contributed by atoms with Crippen LogP contribution in [0.4, 0.5) is 0 Å². The first-order valence-electron chi connectivity index (χ1n) is 4.37. The average molecular weight is 181 g/mol. The third-order valence-corrected chi connectivity index (χ3v) is 2.06. The molecule has 2 N–H and O–H groups in total. The molecule has 13 heavy (non-hydrogen) atoms. The van der Waals surface area contributed by atoms with Crippen LogP contribution in [0.1, 0.15) is 13.8 Å². The summed E-state index contributed by atoms with van der Waals surface area (Å²) in [6.07, 6.45) is 4.55. The smallest absolute Gasteiger partial charge is 0.269 e. The summed E-state index contributed by atoms with van der Waals surface area (Å²) in [7, 11) is 0. The third-order valence-electron chi connectivity index (χ3n) is 2.06. The number of nitrogens with zero attached hydrogens (tertiary/aromatic N) is 2. The molecular weight excluding hydrogens is 166 g/mol. The molecule has 0 aliphatic carbocycles. The summed E-state index contributed by atoms with van der Waals surface area (Å²) in [6.45, 7) is 4.63. The van der Waals surface area contributed by atoms with Crippen molar-refractivity contribution in [2.24, 2.45) is 11.7 Å². The van der Waals surface area contributed by atoms with Crippen molar-refractivity contribution in [3.05, 3.63) is 28.9 Å². The second-order valence-corrected chi connectivity index (χ2v) is 3.47. The van der Waals surface area contributed by atoms with E-state index in [-0.39, 0.29) is 11.6 Å². The molecule has 4 nitrogen and oxygen atoms in total. The van der Waals surface area contributed by atoms with Gasteiger partial charge in [0, 0.05) is 25.0 Å². The molecule has 0 aliphatic rings. The Labute approximate surface area is 77.4 Å². The van der Waals surface area contributed by atoms with Crippen molar-refractivity contribution in [1.82, 2.24) is 9.55 Å². The van der Waals surface area contributed by atoms with Gasteiger partial charge in [-0.1, -0.05) is 13.8 Å². The zero-order valence-electron chi connectivity index (χ0n) is 7.97. The number of rotatable bonds is 3. The van der Waals surface area contributed by atoms with Crippen LogP contribution in [-0.4, -0.2) is 15.6 Å². The van der Waals surface area contributed by atoms with E-state index in [9.17, 15) is 4.79 Å². The van der Waals surface area contributed by atoms with Gasteiger partial charge < -0.3 is 10.3 Å². The number of aromatic nitrogens is 2. The SMILES string of the molecule is CC(C)C(N)Cn1ccncc1=O.